The van der Waals surface area contributed by atoms with Crippen LogP contribution in [0.15, 0.2) is 17.1 Å². The van der Waals surface area contributed by atoms with Crippen LogP contribution in [0.5, 0.6) is 0 Å². The maximum atomic E-state index is 11.7. The summed E-state index contributed by atoms with van der Waals surface area (Å²) in [6.07, 6.45) is 6.35. The monoisotopic (exact) mass is 394 g/mol. The highest BCUT2D eigenvalue weighted by molar-refractivity contribution is 14.0. The molecule has 1 aliphatic rings. The zero-order valence-corrected chi connectivity index (χ0v) is 15.2. The van der Waals surface area contributed by atoms with Crippen molar-refractivity contribution in [2.45, 2.75) is 52.1 Å². The van der Waals surface area contributed by atoms with Gasteiger partial charge in [0.15, 0.2) is 5.96 Å². The smallest absolute Gasteiger partial charge is 0.242 e. The Balaban J connectivity index is 0.00000361. The fourth-order valence-corrected chi connectivity index (χ4v) is 1.86. The molecule has 1 aliphatic carbocycles. The topological polar surface area (TPSA) is 65.5 Å². The van der Waals surface area contributed by atoms with Crippen LogP contribution in [-0.4, -0.2) is 36.5 Å². The lowest BCUT2D eigenvalue weighted by Gasteiger charge is -2.20. The van der Waals surface area contributed by atoms with Gasteiger partial charge in [0, 0.05) is 18.1 Å². The minimum atomic E-state index is -0.215. The van der Waals surface area contributed by atoms with Gasteiger partial charge in [-0.1, -0.05) is 12.2 Å². The maximum Gasteiger partial charge on any atom is 0.242 e. The van der Waals surface area contributed by atoms with Crippen LogP contribution in [0.1, 0.15) is 40.5 Å². The van der Waals surface area contributed by atoms with Gasteiger partial charge >= 0.3 is 0 Å². The largest absolute Gasteiger partial charge is 0.357 e. The Bertz CT molecular complexity index is 353. The van der Waals surface area contributed by atoms with E-state index in [9.17, 15) is 4.79 Å². The average molecular weight is 394 g/mol. The second kappa shape index (κ2) is 9.20. The summed E-state index contributed by atoms with van der Waals surface area (Å²) in [6.45, 7) is 8.83. The molecule has 1 amide bonds. The van der Waals surface area contributed by atoms with Crippen molar-refractivity contribution in [3.8, 4) is 0 Å². The highest BCUT2D eigenvalue weighted by Crippen LogP contribution is 2.08. The number of carbonyl (C=O) groups is 1. The molecule has 0 heterocycles. The van der Waals surface area contributed by atoms with E-state index in [2.05, 4.69) is 33.1 Å². The van der Waals surface area contributed by atoms with Crippen molar-refractivity contribution in [3.63, 3.8) is 0 Å². The molecule has 0 saturated heterocycles. The van der Waals surface area contributed by atoms with Crippen LogP contribution in [0.2, 0.25) is 0 Å². The lowest BCUT2D eigenvalue weighted by atomic mass is 10.1. The van der Waals surface area contributed by atoms with Gasteiger partial charge in [-0.15, -0.1) is 24.0 Å². The number of halogens is 1. The molecule has 5 nitrogen and oxygen atoms in total. The predicted molar refractivity (Wildman–Crippen MR) is 94.6 cm³/mol. The van der Waals surface area contributed by atoms with Gasteiger partial charge in [0.25, 0.3) is 0 Å². The second-order valence-corrected chi connectivity index (χ2v) is 5.78. The van der Waals surface area contributed by atoms with Crippen LogP contribution in [0.25, 0.3) is 0 Å². The molecule has 0 aromatic carbocycles. The Kier molecular flexibility index (Phi) is 8.84. The van der Waals surface area contributed by atoms with Gasteiger partial charge in [0.1, 0.15) is 6.54 Å². The van der Waals surface area contributed by atoms with Crippen LogP contribution in [-0.2, 0) is 4.79 Å². The van der Waals surface area contributed by atoms with Crippen LogP contribution in [0.3, 0.4) is 0 Å². The molecule has 0 atom stereocenters. The first kappa shape index (κ1) is 19.2. The zero-order valence-electron chi connectivity index (χ0n) is 12.8. The van der Waals surface area contributed by atoms with E-state index in [1.807, 2.05) is 27.7 Å². The van der Waals surface area contributed by atoms with Gasteiger partial charge in [-0.2, -0.15) is 0 Å². The molecule has 0 radical (unpaired) electrons. The molecule has 0 saturated carbocycles. The number of nitrogens with zero attached hydrogens (tertiary/aromatic N) is 1. The fraction of sp³-hybridized carbons (Fsp3) is 0.714. The highest BCUT2D eigenvalue weighted by atomic mass is 127. The Hall–Kier alpha value is -0.790. The van der Waals surface area contributed by atoms with E-state index in [1.165, 1.54) is 0 Å². The normalized spacial score (nSPS) is 15.7. The summed E-state index contributed by atoms with van der Waals surface area (Å²) in [5.41, 5.74) is -0.215. The summed E-state index contributed by atoms with van der Waals surface area (Å²) in [6, 6.07) is 0.392. The number of hydrogen-bond acceptors (Lipinski definition) is 2. The molecule has 0 spiro atoms. The number of aliphatic imine (C=N–C) groups is 1. The van der Waals surface area contributed by atoms with Gasteiger partial charge in [0.2, 0.25) is 5.91 Å². The van der Waals surface area contributed by atoms with Crippen molar-refractivity contribution in [3.05, 3.63) is 12.2 Å². The van der Waals surface area contributed by atoms with Crippen molar-refractivity contribution < 1.29 is 4.79 Å². The summed E-state index contributed by atoms with van der Waals surface area (Å²) in [4.78, 5) is 16.0. The molecule has 0 aromatic heterocycles. The summed E-state index contributed by atoms with van der Waals surface area (Å²) in [5.74, 6) is 0.648. The summed E-state index contributed by atoms with van der Waals surface area (Å²) in [7, 11) is 0. The van der Waals surface area contributed by atoms with Crippen molar-refractivity contribution in [2.24, 2.45) is 4.99 Å². The zero-order chi connectivity index (χ0) is 14.3. The molecular weight excluding hydrogens is 367 g/mol. The third kappa shape index (κ3) is 8.39. The fourth-order valence-electron chi connectivity index (χ4n) is 1.86. The molecule has 3 N–H and O–H groups in total. The Morgan fingerprint density at radius 2 is 1.90 bits per heavy atom. The lowest BCUT2D eigenvalue weighted by molar-refractivity contribution is -0.121. The van der Waals surface area contributed by atoms with Gasteiger partial charge < -0.3 is 16.0 Å². The first-order valence-corrected chi connectivity index (χ1v) is 6.91. The Morgan fingerprint density at radius 1 is 1.30 bits per heavy atom. The predicted octanol–water partition coefficient (Wildman–Crippen LogP) is 1.79. The van der Waals surface area contributed by atoms with Crippen molar-refractivity contribution >= 4 is 35.8 Å². The summed E-state index contributed by atoms with van der Waals surface area (Å²) in [5, 5.41) is 9.39. The van der Waals surface area contributed by atoms with Crippen molar-refractivity contribution in [1.29, 1.82) is 0 Å². The third-order valence-corrected chi connectivity index (χ3v) is 2.59. The van der Waals surface area contributed by atoms with Crippen LogP contribution in [0, 0.1) is 0 Å². The first-order chi connectivity index (χ1) is 8.90. The summed E-state index contributed by atoms with van der Waals surface area (Å²) < 4.78 is 0. The number of hydrogen-bond donors (Lipinski definition) is 3. The second-order valence-electron chi connectivity index (χ2n) is 5.78. The summed E-state index contributed by atoms with van der Waals surface area (Å²) >= 11 is 0. The number of rotatable bonds is 4. The van der Waals surface area contributed by atoms with E-state index in [4.69, 9.17) is 0 Å². The van der Waals surface area contributed by atoms with Crippen molar-refractivity contribution in [1.82, 2.24) is 16.0 Å². The van der Waals surface area contributed by atoms with E-state index < -0.39 is 0 Å². The number of carbonyl (C=O) groups excluding carboxylic acids is 1. The molecule has 116 valence electrons. The number of nitrogens with one attached hydrogen (secondary N) is 3. The van der Waals surface area contributed by atoms with Gasteiger partial charge in [-0.05, 0) is 40.5 Å². The molecule has 0 bridgehead atoms. The number of amides is 1. The van der Waals surface area contributed by atoms with E-state index in [0.29, 0.717) is 12.0 Å². The Labute approximate surface area is 139 Å². The van der Waals surface area contributed by atoms with E-state index in [1.54, 1.807) is 0 Å². The molecule has 0 unspecified atom stereocenters. The van der Waals surface area contributed by atoms with E-state index in [0.717, 1.165) is 19.4 Å². The molecule has 1 rings (SSSR count). The average Bonchev–Trinajstić information content (AvgIpc) is 2.76. The van der Waals surface area contributed by atoms with Gasteiger partial charge in [-0.3, -0.25) is 4.79 Å². The Morgan fingerprint density at radius 3 is 2.40 bits per heavy atom. The molecule has 20 heavy (non-hydrogen) atoms. The minimum absolute atomic E-state index is 0. The van der Waals surface area contributed by atoms with E-state index in [-0.39, 0.29) is 42.0 Å². The third-order valence-electron chi connectivity index (χ3n) is 2.59. The van der Waals surface area contributed by atoms with Crippen LogP contribution in [0.4, 0.5) is 0 Å². The SMILES string of the molecule is CCNC(=NCC(=O)NC(C)(C)C)NC1CC=CC1.I. The molecule has 0 aliphatic heterocycles. The first-order valence-electron chi connectivity index (χ1n) is 6.91. The van der Waals surface area contributed by atoms with Gasteiger partial charge in [-0.25, -0.2) is 4.99 Å². The lowest BCUT2D eigenvalue weighted by Crippen LogP contribution is -2.45. The molecule has 0 aromatic rings. The number of guanidine groups is 1. The highest BCUT2D eigenvalue weighted by Gasteiger charge is 2.14. The van der Waals surface area contributed by atoms with Crippen LogP contribution >= 0.6 is 24.0 Å². The maximum absolute atomic E-state index is 11.7. The van der Waals surface area contributed by atoms with Crippen molar-refractivity contribution in [2.75, 3.05) is 13.1 Å². The minimum Gasteiger partial charge on any atom is -0.357 e. The standard InChI is InChI=1S/C14H26N4O.HI/c1-5-15-13(17-11-8-6-7-9-11)16-10-12(19)18-14(2,3)4;/h6-7,11H,5,8-10H2,1-4H3,(H,18,19)(H2,15,16,17);1H. The quantitative estimate of drug-likeness (QED) is 0.295. The molecule has 6 heteroatoms. The van der Waals surface area contributed by atoms with E-state index >= 15 is 0 Å². The van der Waals surface area contributed by atoms with Gasteiger partial charge in [0.05, 0.1) is 0 Å². The molecule has 0 fully saturated rings. The molecular formula is C14H27IN4O. The van der Waals surface area contributed by atoms with Crippen LogP contribution < -0.4 is 16.0 Å².